The lowest BCUT2D eigenvalue weighted by Gasteiger charge is -2.14. The molecule has 0 bridgehead atoms. The Balaban J connectivity index is 1.67. The van der Waals surface area contributed by atoms with E-state index in [1.54, 1.807) is 48.8 Å². The summed E-state index contributed by atoms with van der Waals surface area (Å²) >= 11 is 13.2. The number of ether oxygens (including phenoxy) is 1. The van der Waals surface area contributed by atoms with Crippen molar-refractivity contribution in [3.05, 3.63) is 63.7 Å². The summed E-state index contributed by atoms with van der Waals surface area (Å²) in [7, 11) is 0. The van der Waals surface area contributed by atoms with Gasteiger partial charge in [0.05, 0.1) is 21.3 Å². The summed E-state index contributed by atoms with van der Waals surface area (Å²) in [5.41, 5.74) is 1.71. The van der Waals surface area contributed by atoms with Crippen LogP contribution in [0.1, 0.15) is 23.7 Å². The number of nitrogens with zero attached hydrogens (tertiary/aromatic N) is 2. The van der Waals surface area contributed by atoms with Gasteiger partial charge >= 0.3 is 5.97 Å². The number of thiazole rings is 1. The minimum Gasteiger partial charge on any atom is -0.449 e. The summed E-state index contributed by atoms with van der Waals surface area (Å²) in [5.74, 6) is -1.06. The fourth-order valence-electron chi connectivity index (χ4n) is 2.31. The zero-order valence-electron chi connectivity index (χ0n) is 14.7. The highest BCUT2D eigenvalue weighted by molar-refractivity contribution is 7.14. The Bertz CT molecular complexity index is 995. The molecule has 1 atom stereocenters. The molecule has 1 aromatic carbocycles. The van der Waals surface area contributed by atoms with Crippen molar-refractivity contribution in [1.29, 1.82) is 0 Å². The second kappa shape index (κ2) is 9.14. The van der Waals surface area contributed by atoms with Crippen LogP contribution in [0, 0.1) is 0 Å². The first-order valence-corrected chi connectivity index (χ1v) is 9.94. The maximum absolute atomic E-state index is 12.5. The first kappa shape index (κ1) is 20.3. The maximum atomic E-state index is 12.5. The standard InChI is InChI=1S/C19H15Cl2N3O3S/c1-2-16(27-18(26)12-4-3-7-22-9-12)17(25)24-19-23-15(10-28-19)11-5-6-13(20)14(21)8-11/h3-10,16H,2H2,1H3,(H,23,24,25). The number of aromatic nitrogens is 2. The van der Waals surface area contributed by atoms with Gasteiger partial charge in [-0.1, -0.05) is 36.2 Å². The van der Waals surface area contributed by atoms with Gasteiger partial charge in [-0.05, 0) is 30.7 Å². The van der Waals surface area contributed by atoms with E-state index in [1.165, 1.54) is 17.5 Å². The van der Waals surface area contributed by atoms with Crippen LogP contribution in [-0.2, 0) is 9.53 Å². The molecule has 6 nitrogen and oxygen atoms in total. The molecule has 0 spiro atoms. The van der Waals surface area contributed by atoms with Crippen LogP contribution in [-0.4, -0.2) is 27.9 Å². The summed E-state index contributed by atoms with van der Waals surface area (Å²) in [6.07, 6.45) is 2.32. The molecule has 144 valence electrons. The topological polar surface area (TPSA) is 81.2 Å². The van der Waals surface area contributed by atoms with Gasteiger partial charge in [-0.25, -0.2) is 9.78 Å². The van der Waals surface area contributed by atoms with Crippen molar-refractivity contribution in [2.24, 2.45) is 0 Å². The molecule has 0 aliphatic rings. The molecule has 0 aliphatic carbocycles. The van der Waals surface area contributed by atoms with E-state index in [2.05, 4.69) is 15.3 Å². The third-order valence-corrected chi connectivity index (χ3v) is 5.26. The Labute approximate surface area is 175 Å². The van der Waals surface area contributed by atoms with E-state index in [9.17, 15) is 9.59 Å². The lowest BCUT2D eigenvalue weighted by Crippen LogP contribution is -2.32. The summed E-state index contributed by atoms with van der Waals surface area (Å²) < 4.78 is 5.29. The first-order chi connectivity index (χ1) is 13.5. The minimum atomic E-state index is -0.940. The van der Waals surface area contributed by atoms with Gasteiger partial charge in [0, 0.05) is 23.3 Å². The Morgan fingerprint density at radius 2 is 2.07 bits per heavy atom. The molecule has 0 aliphatic heterocycles. The fourth-order valence-corrected chi connectivity index (χ4v) is 3.33. The van der Waals surface area contributed by atoms with Gasteiger partial charge in [-0.3, -0.25) is 15.1 Å². The van der Waals surface area contributed by atoms with Gasteiger partial charge in [0.1, 0.15) is 0 Å². The van der Waals surface area contributed by atoms with Crippen LogP contribution in [0.25, 0.3) is 11.3 Å². The lowest BCUT2D eigenvalue weighted by molar-refractivity contribution is -0.124. The third kappa shape index (κ3) is 4.86. The number of pyridine rings is 1. The van der Waals surface area contributed by atoms with E-state index in [0.29, 0.717) is 27.3 Å². The largest absolute Gasteiger partial charge is 0.449 e. The molecule has 0 fully saturated rings. The number of hydrogen-bond acceptors (Lipinski definition) is 6. The number of benzene rings is 1. The van der Waals surface area contributed by atoms with Gasteiger partial charge in [-0.15, -0.1) is 11.3 Å². The molecule has 2 aromatic heterocycles. The Morgan fingerprint density at radius 1 is 1.25 bits per heavy atom. The zero-order valence-corrected chi connectivity index (χ0v) is 17.0. The number of halogens is 2. The first-order valence-electron chi connectivity index (χ1n) is 8.30. The highest BCUT2D eigenvalue weighted by atomic mass is 35.5. The van der Waals surface area contributed by atoms with Crippen LogP contribution in [0.4, 0.5) is 5.13 Å². The van der Waals surface area contributed by atoms with Gasteiger partial charge in [-0.2, -0.15) is 0 Å². The van der Waals surface area contributed by atoms with Crippen LogP contribution in [0.5, 0.6) is 0 Å². The van der Waals surface area contributed by atoms with Crippen molar-refractivity contribution >= 4 is 51.5 Å². The molecular weight excluding hydrogens is 421 g/mol. The van der Waals surface area contributed by atoms with E-state index in [1.807, 2.05) is 0 Å². The molecule has 0 saturated carbocycles. The Morgan fingerprint density at radius 3 is 2.75 bits per heavy atom. The van der Waals surface area contributed by atoms with E-state index >= 15 is 0 Å². The van der Waals surface area contributed by atoms with Crippen LogP contribution in [0.2, 0.25) is 10.0 Å². The number of carbonyl (C=O) groups excluding carboxylic acids is 2. The third-order valence-electron chi connectivity index (χ3n) is 3.76. The van der Waals surface area contributed by atoms with E-state index < -0.39 is 18.0 Å². The summed E-state index contributed by atoms with van der Waals surface area (Å²) in [4.78, 5) is 32.9. The monoisotopic (exact) mass is 435 g/mol. The van der Waals surface area contributed by atoms with E-state index in [4.69, 9.17) is 27.9 Å². The van der Waals surface area contributed by atoms with Crippen molar-refractivity contribution in [2.75, 3.05) is 5.32 Å². The second-order valence-electron chi connectivity index (χ2n) is 5.70. The number of hydrogen-bond donors (Lipinski definition) is 1. The van der Waals surface area contributed by atoms with Gasteiger partial charge < -0.3 is 4.74 Å². The molecule has 28 heavy (non-hydrogen) atoms. The molecule has 1 amide bonds. The fraction of sp³-hybridized carbons (Fsp3) is 0.158. The lowest BCUT2D eigenvalue weighted by atomic mass is 10.2. The summed E-state index contributed by atoms with van der Waals surface area (Å²) in [6.45, 7) is 1.75. The van der Waals surface area contributed by atoms with E-state index in [0.717, 1.165) is 5.56 Å². The van der Waals surface area contributed by atoms with Gasteiger partial charge in [0.25, 0.3) is 5.91 Å². The van der Waals surface area contributed by atoms with Crippen molar-refractivity contribution in [3.8, 4) is 11.3 Å². The molecule has 1 unspecified atom stereocenters. The van der Waals surface area contributed by atoms with Crippen molar-refractivity contribution in [1.82, 2.24) is 9.97 Å². The number of anilines is 1. The average molecular weight is 436 g/mol. The zero-order chi connectivity index (χ0) is 20.1. The second-order valence-corrected chi connectivity index (χ2v) is 7.37. The molecule has 2 heterocycles. The molecular formula is C19H15Cl2N3O3S. The SMILES string of the molecule is CCC(OC(=O)c1cccnc1)C(=O)Nc1nc(-c2ccc(Cl)c(Cl)c2)cs1. The molecule has 9 heteroatoms. The van der Waals surface area contributed by atoms with Crippen molar-refractivity contribution < 1.29 is 14.3 Å². The van der Waals surface area contributed by atoms with Crippen LogP contribution >= 0.6 is 34.5 Å². The smallest absolute Gasteiger partial charge is 0.340 e. The Kier molecular flexibility index (Phi) is 6.61. The number of amides is 1. The highest BCUT2D eigenvalue weighted by Crippen LogP contribution is 2.30. The molecule has 1 N–H and O–H groups in total. The summed E-state index contributed by atoms with van der Waals surface area (Å²) in [5, 5.41) is 5.74. The maximum Gasteiger partial charge on any atom is 0.340 e. The van der Waals surface area contributed by atoms with Crippen LogP contribution < -0.4 is 5.32 Å². The molecule has 0 saturated heterocycles. The number of rotatable bonds is 6. The predicted molar refractivity (Wildman–Crippen MR) is 110 cm³/mol. The average Bonchev–Trinajstić information content (AvgIpc) is 3.17. The van der Waals surface area contributed by atoms with E-state index in [-0.39, 0.29) is 5.56 Å². The Hall–Kier alpha value is -2.48. The van der Waals surface area contributed by atoms with Crippen molar-refractivity contribution in [3.63, 3.8) is 0 Å². The van der Waals surface area contributed by atoms with Crippen molar-refractivity contribution in [2.45, 2.75) is 19.4 Å². The quantitative estimate of drug-likeness (QED) is 0.545. The van der Waals surface area contributed by atoms with Crippen LogP contribution in [0.3, 0.4) is 0 Å². The predicted octanol–water partition coefficient (Wildman–Crippen LogP) is 5.09. The highest BCUT2D eigenvalue weighted by Gasteiger charge is 2.23. The van der Waals surface area contributed by atoms with Crippen LogP contribution in [0.15, 0.2) is 48.1 Å². The normalized spacial score (nSPS) is 11.7. The number of carbonyl (C=O) groups is 2. The summed E-state index contributed by atoms with van der Waals surface area (Å²) in [6, 6.07) is 8.37. The molecule has 0 radical (unpaired) electrons. The number of esters is 1. The molecule has 3 rings (SSSR count). The van der Waals surface area contributed by atoms with Gasteiger partial charge in [0.2, 0.25) is 0 Å². The number of nitrogens with one attached hydrogen (secondary N) is 1. The minimum absolute atomic E-state index is 0.282. The van der Waals surface area contributed by atoms with Gasteiger partial charge in [0.15, 0.2) is 11.2 Å². The molecule has 3 aromatic rings.